The predicted molar refractivity (Wildman–Crippen MR) is 90.0 cm³/mol. The number of carbonyl (C=O) groups is 1. The summed E-state index contributed by atoms with van der Waals surface area (Å²) in [7, 11) is 0. The number of hydrogen-bond donors (Lipinski definition) is 2. The first-order valence-corrected chi connectivity index (χ1v) is 7.63. The van der Waals surface area contributed by atoms with Crippen molar-refractivity contribution in [2.24, 2.45) is 0 Å². The fraction of sp³-hybridized carbons (Fsp3) is 0.105. The number of rotatable bonds is 6. The van der Waals surface area contributed by atoms with E-state index in [-0.39, 0.29) is 23.8 Å². The van der Waals surface area contributed by atoms with E-state index < -0.39 is 11.9 Å². The SMILES string of the molecule is O=C(Nc1ccc(OC[C@@H](O)c2ccccc2F)cc1)c1ccco1. The van der Waals surface area contributed by atoms with Crippen LogP contribution < -0.4 is 10.1 Å². The first-order chi connectivity index (χ1) is 12.1. The van der Waals surface area contributed by atoms with Gasteiger partial charge in [-0.15, -0.1) is 0 Å². The first kappa shape index (κ1) is 16.7. The van der Waals surface area contributed by atoms with Gasteiger partial charge in [0.2, 0.25) is 0 Å². The van der Waals surface area contributed by atoms with Gasteiger partial charge in [0.15, 0.2) is 5.76 Å². The molecule has 25 heavy (non-hydrogen) atoms. The second-order valence-corrected chi connectivity index (χ2v) is 5.30. The lowest BCUT2D eigenvalue weighted by atomic mass is 10.1. The third kappa shape index (κ3) is 4.24. The Kier molecular flexibility index (Phi) is 5.11. The molecule has 2 N–H and O–H groups in total. The van der Waals surface area contributed by atoms with Gasteiger partial charge in [0.05, 0.1) is 6.26 Å². The summed E-state index contributed by atoms with van der Waals surface area (Å²) in [5, 5.41) is 12.7. The molecule has 0 aliphatic heterocycles. The Balaban J connectivity index is 1.56. The van der Waals surface area contributed by atoms with Gasteiger partial charge < -0.3 is 19.6 Å². The number of ether oxygens (including phenoxy) is 1. The van der Waals surface area contributed by atoms with Gasteiger partial charge >= 0.3 is 0 Å². The van der Waals surface area contributed by atoms with Crippen molar-refractivity contribution < 1.29 is 23.4 Å². The number of aliphatic hydroxyl groups is 1. The van der Waals surface area contributed by atoms with E-state index in [1.165, 1.54) is 18.4 Å². The summed E-state index contributed by atoms with van der Waals surface area (Å²) in [4.78, 5) is 11.9. The molecule has 0 fully saturated rings. The second kappa shape index (κ2) is 7.63. The Hall–Kier alpha value is -3.12. The maximum Gasteiger partial charge on any atom is 0.291 e. The van der Waals surface area contributed by atoms with Crippen LogP contribution in [-0.4, -0.2) is 17.6 Å². The Morgan fingerprint density at radius 2 is 1.88 bits per heavy atom. The average Bonchev–Trinajstić information content (AvgIpc) is 3.16. The molecular weight excluding hydrogens is 325 g/mol. The highest BCUT2D eigenvalue weighted by atomic mass is 19.1. The largest absolute Gasteiger partial charge is 0.491 e. The van der Waals surface area contributed by atoms with Gasteiger partial charge in [-0.1, -0.05) is 18.2 Å². The van der Waals surface area contributed by atoms with Crippen LogP contribution in [0.5, 0.6) is 5.75 Å². The predicted octanol–water partition coefficient (Wildman–Crippen LogP) is 3.78. The molecule has 3 rings (SSSR count). The molecule has 128 valence electrons. The molecule has 5 nitrogen and oxygen atoms in total. The topological polar surface area (TPSA) is 71.7 Å². The summed E-state index contributed by atoms with van der Waals surface area (Å²) in [6.07, 6.45) is 0.353. The van der Waals surface area contributed by atoms with Gasteiger partial charge in [-0.25, -0.2) is 4.39 Å². The zero-order chi connectivity index (χ0) is 17.6. The average molecular weight is 341 g/mol. The first-order valence-electron chi connectivity index (χ1n) is 7.63. The smallest absolute Gasteiger partial charge is 0.291 e. The zero-order valence-corrected chi connectivity index (χ0v) is 13.2. The lowest BCUT2D eigenvalue weighted by Gasteiger charge is -2.13. The zero-order valence-electron chi connectivity index (χ0n) is 13.2. The van der Waals surface area contributed by atoms with Gasteiger partial charge in [0.1, 0.15) is 24.3 Å². The van der Waals surface area contributed by atoms with Crippen LogP contribution in [0.15, 0.2) is 71.3 Å². The third-order valence-corrected chi connectivity index (χ3v) is 3.53. The molecule has 2 aromatic carbocycles. The van der Waals surface area contributed by atoms with Gasteiger partial charge in [0, 0.05) is 11.3 Å². The van der Waals surface area contributed by atoms with E-state index in [1.807, 2.05) is 0 Å². The standard InChI is InChI=1S/C19H16FNO4/c20-16-5-2-1-4-15(16)17(22)12-25-14-9-7-13(8-10-14)21-19(23)18-6-3-11-24-18/h1-11,17,22H,12H2,(H,21,23)/t17-/m1/s1. The van der Waals surface area contributed by atoms with Crippen molar-refractivity contribution in [3.63, 3.8) is 0 Å². The van der Waals surface area contributed by atoms with Crippen LogP contribution in [0, 0.1) is 5.82 Å². The molecule has 3 aromatic rings. The summed E-state index contributed by atoms with van der Waals surface area (Å²) < 4.78 is 24.1. The van der Waals surface area contributed by atoms with Crippen LogP contribution in [0.3, 0.4) is 0 Å². The molecule has 0 unspecified atom stereocenters. The number of nitrogens with one attached hydrogen (secondary N) is 1. The Morgan fingerprint density at radius 3 is 2.56 bits per heavy atom. The van der Waals surface area contributed by atoms with Crippen molar-refractivity contribution >= 4 is 11.6 Å². The van der Waals surface area contributed by atoms with Crippen LogP contribution in [-0.2, 0) is 0 Å². The second-order valence-electron chi connectivity index (χ2n) is 5.30. The van der Waals surface area contributed by atoms with E-state index in [4.69, 9.17) is 9.15 Å². The van der Waals surface area contributed by atoms with Gasteiger partial charge in [-0.05, 0) is 42.5 Å². The minimum Gasteiger partial charge on any atom is -0.491 e. The van der Waals surface area contributed by atoms with Gasteiger partial charge in [-0.2, -0.15) is 0 Å². The number of carbonyl (C=O) groups excluding carboxylic acids is 1. The normalized spacial score (nSPS) is 11.8. The van der Waals surface area contributed by atoms with Crippen LogP contribution >= 0.6 is 0 Å². The van der Waals surface area contributed by atoms with Gasteiger partial charge in [0.25, 0.3) is 5.91 Å². The van der Waals surface area contributed by atoms with E-state index in [1.54, 1.807) is 48.5 Å². The van der Waals surface area contributed by atoms with Crippen LogP contribution in [0.2, 0.25) is 0 Å². The Bertz CT molecular complexity index is 831. The molecule has 6 heteroatoms. The fourth-order valence-electron chi connectivity index (χ4n) is 2.25. The van der Waals surface area contributed by atoms with Crippen molar-refractivity contribution in [3.05, 3.63) is 84.1 Å². The maximum atomic E-state index is 13.6. The quantitative estimate of drug-likeness (QED) is 0.716. The number of hydrogen-bond acceptors (Lipinski definition) is 4. The molecule has 1 atom stereocenters. The lowest BCUT2D eigenvalue weighted by molar-refractivity contribution is 0.0996. The molecule has 0 aliphatic rings. The summed E-state index contributed by atoms with van der Waals surface area (Å²) in [6, 6.07) is 15.8. The molecular formula is C19H16FNO4. The van der Waals surface area contributed by atoms with E-state index in [9.17, 15) is 14.3 Å². The highest BCUT2D eigenvalue weighted by molar-refractivity contribution is 6.02. The fourth-order valence-corrected chi connectivity index (χ4v) is 2.25. The van der Waals surface area contributed by atoms with Crippen LogP contribution in [0.25, 0.3) is 0 Å². The summed E-state index contributed by atoms with van der Waals surface area (Å²) in [5.41, 5.74) is 0.758. The molecule has 1 amide bonds. The molecule has 0 saturated carbocycles. The third-order valence-electron chi connectivity index (χ3n) is 3.53. The Labute approximate surface area is 143 Å². The highest BCUT2D eigenvalue weighted by Crippen LogP contribution is 2.20. The van der Waals surface area contributed by atoms with Crippen molar-refractivity contribution in [1.82, 2.24) is 0 Å². The lowest BCUT2D eigenvalue weighted by Crippen LogP contribution is -2.12. The monoisotopic (exact) mass is 341 g/mol. The number of furan rings is 1. The molecule has 0 spiro atoms. The van der Waals surface area contributed by atoms with Crippen molar-refractivity contribution in [1.29, 1.82) is 0 Å². The summed E-state index contributed by atoms with van der Waals surface area (Å²) >= 11 is 0. The molecule has 0 aliphatic carbocycles. The molecule has 1 heterocycles. The number of halogens is 1. The van der Waals surface area contributed by atoms with Crippen molar-refractivity contribution in [2.75, 3.05) is 11.9 Å². The molecule has 0 radical (unpaired) electrons. The number of anilines is 1. The van der Waals surface area contributed by atoms with E-state index >= 15 is 0 Å². The molecule has 0 bridgehead atoms. The van der Waals surface area contributed by atoms with E-state index in [2.05, 4.69) is 5.32 Å². The number of amides is 1. The number of aliphatic hydroxyl groups excluding tert-OH is 1. The van der Waals surface area contributed by atoms with E-state index in [0.717, 1.165) is 0 Å². The molecule has 0 saturated heterocycles. The van der Waals surface area contributed by atoms with Gasteiger partial charge in [-0.3, -0.25) is 4.79 Å². The van der Waals surface area contributed by atoms with Crippen molar-refractivity contribution in [3.8, 4) is 5.75 Å². The minimum absolute atomic E-state index is 0.0843. The van der Waals surface area contributed by atoms with Crippen molar-refractivity contribution in [2.45, 2.75) is 6.10 Å². The molecule has 1 aromatic heterocycles. The van der Waals surface area contributed by atoms with Crippen LogP contribution in [0.4, 0.5) is 10.1 Å². The van der Waals surface area contributed by atoms with E-state index in [0.29, 0.717) is 11.4 Å². The Morgan fingerprint density at radius 1 is 1.12 bits per heavy atom. The summed E-state index contributed by atoms with van der Waals surface area (Å²) in [6.45, 7) is -0.0843. The maximum absolute atomic E-state index is 13.6. The number of benzene rings is 2. The minimum atomic E-state index is -1.07. The van der Waals surface area contributed by atoms with Crippen LogP contribution in [0.1, 0.15) is 22.2 Å². The highest BCUT2D eigenvalue weighted by Gasteiger charge is 2.13. The summed E-state index contributed by atoms with van der Waals surface area (Å²) in [5.74, 6) is -0.122.